The van der Waals surface area contributed by atoms with Crippen LogP contribution in [0.3, 0.4) is 0 Å². The van der Waals surface area contributed by atoms with Gasteiger partial charge in [0.25, 0.3) is 15.9 Å². The highest BCUT2D eigenvalue weighted by Gasteiger charge is 2.25. The number of carbonyl (C=O) groups is 1. The number of carbonyl (C=O) groups excluding carboxylic acids is 1. The molecule has 0 spiro atoms. The number of nitrogens with zero attached hydrogens (tertiary/aromatic N) is 3. The number of anilines is 2. The van der Waals surface area contributed by atoms with Crippen LogP contribution in [0.15, 0.2) is 83.8 Å². The number of ether oxygens (including phenoxy) is 1. The van der Waals surface area contributed by atoms with Gasteiger partial charge in [-0.3, -0.25) is 14.4 Å². The number of hydrogen-bond donors (Lipinski definition) is 1. The van der Waals surface area contributed by atoms with Gasteiger partial charge in [-0.05, 0) is 48.5 Å². The van der Waals surface area contributed by atoms with Crippen LogP contribution in [0.5, 0.6) is 5.75 Å². The molecule has 0 saturated carbocycles. The van der Waals surface area contributed by atoms with Crippen LogP contribution in [0.2, 0.25) is 0 Å². The lowest BCUT2D eigenvalue weighted by Crippen LogP contribution is -2.29. The molecule has 168 valence electrons. The van der Waals surface area contributed by atoms with E-state index in [9.17, 15) is 13.2 Å². The Morgan fingerprint density at radius 3 is 2.30 bits per heavy atom. The molecule has 1 aromatic heterocycles. The summed E-state index contributed by atoms with van der Waals surface area (Å²) in [5.41, 5.74) is 1.28. The second-order valence-corrected chi connectivity index (χ2v) is 9.84. The van der Waals surface area contributed by atoms with Gasteiger partial charge in [0, 0.05) is 12.6 Å². The molecule has 3 aromatic carbocycles. The van der Waals surface area contributed by atoms with Crippen molar-refractivity contribution in [3.63, 3.8) is 0 Å². The lowest BCUT2D eigenvalue weighted by molar-refractivity contribution is 0.102. The van der Waals surface area contributed by atoms with Crippen molar-refractivity contribution in [1.29, 1.82) is 0 Å². The second-order valence-electron chi connectivity index (χ2n) is 6.90. The third-order valence-electron chi connectivity index (χ3n) is 4.87. The van der Waals surface area contributed by atoms with Crippen molar-refractivity contribution in [2.75, 3.05) is 23.8 Å². The number of nitrogens with one attached hydrogen (secondary N) is 1. The Bertz CT molecular complexity index is 1370. The molecule has 0 aliphatic carbocycles. The van der Waals surface area contributed by atoms with Gasteiger partial charge in [-0.1, -0.05) is 41.7 Å². The summed E-state index contributed by atoms with van der Waals surface area (Å²) in [6.07, 6.45) is 0. The molecule has 0 aliphatic heterocycles. The number of amides is 1. The van der Waals surface area contributed by atoms with Crippen molar-refractivity contribution in [3.05, 3.63) is 84.4 Å². The van der Waals surface area contributed by atoms with Gasteiger partial charge in [-0.2, -0.15) is 0 Å². The molecule has 4 aromatic rings. The Morgan fingerprint density at radius 1 is 0.939 bits per heavy atom. The molecular weight excluding hydrogens is 460 g/mol. The number of aromatic nitrogens is 2. The molecule has 0 radical (unpaired) electrons. The summed E-state index contributed by atoms with van der Waals surface area (Å²) in [6, 6.07) is 21.9. The van der Waals surface area contributed by atoms with E-state index in [1.165, 1.54) is 30.5 Å². The Labute approximate surface area is 195 Å². The van der Waals surface area contributed by atoms with Crippen molar-refractivity contribution in [3.8, 4) is 16.3 Å². The summed E-state index contributed by atoms with van der Waals surface area (Å²) in [7, 11) is -0.832. The van der Waals surface area contributed by atoms with Gasteiger partial charge in [0.15, 0.2) is 0 Å². The van der Waals surface area contributed by atoms with Crippen molar-refractivity contribution < 1.29 is 17.9 Å². The number of methoxy groups -OCH3 is 1. The van der Waals surface area contributed by atoms with Crippen LogP contribution in [0.4, 0.5) is 10.8 Å². The molecule has 0 bridgehead atoms. The van der Waals surface area contributed by atoms with E-state index in [0.29, 0.717) is 10.1 Å². The van der Waals surface area contributed by atoms with E-state index in [2.05, 4.69) is 15.5 Å². The van der Waals surface area contributed by atoms with Gasteiger partial charge in [0.05, 0.1) is 23.3 Å². The third-order valence-corrected chi connectivity index (χ3v) is 7.55. The number of sulfonamides is 1. The molecule has 0 saturated heterocycles. The molecule has 1 amide bonds. The molecule has 4 rings (SSSR count). The molecular formula is C23H20N4O4S2. The largest absolute Gasteiger partial charge is 0.497 e. The maximum Gasteiger partial charge on any atom is 0.264 e. The van der Waals surface area contributed by atoms with Gasteiger partial charge >= 0.3 is 0 Å². The summed E-state index contributed by atoms with van der Waals surface area (Å²) in [4.78, 5) is 13.2. The number of hydrogen-bond acceptors (Lipinski definition) is 7. The van der Waals surface area contributed by atoms with E-state index in [4.69, 9.17) is 4.74 Å². The van der Waals surface area contributed by atoms with Gasteiger partial charge in [0.2, 0.25) is 5.13 Å². The summed E-state index contributed by atoms with van der Waals surface area (Å²) < 4.78 is 32.3. The quantitative estimate of drug-likeness (QED) is 0.423. The topological polar surface area (TPSA) is 101 Å². The van der Waals surface area contributed by atoms with Crippen LogP contribution in [-0.2, 0) is 10.0 Å². The number of rotatable bonds is 7. The van der Waals surface area contributed by atoms with Crippen LogP contribution in [0, 0.1) is 0 Å². The smallest absolute Gasteiger partial charge is 0.264 e. The summed E-state index contributed by atoms with van der Waals surface area (Å²) >= 11 is 1.21. The van der Waals surface area contributed by atoms with E-state index in [0.717, 1.165) is 15.6 Å². The van der Waals surface area contributed by atoms with Crippen molar-refractivity contribution in [2.24, 2.45) is 0 Å². The minimum Gasteiger partial charge on any atom is -0.497 e. The van der Waals surface area contributed by atoms with Gasteiger partial charge in [0.1, 0.15) is 10.8 Å². The highest BCUT2D eigenvalue weighted by molar-refractivity contribution is 7.92. The maximum atomic E-state index is 13.0. The monoisotopic (exact) mass is 480 g/mol. The van der Waals surface area contributed by atoms with Crippen molar-refractivity contribution in [1.82, 2.24) is 10.2 Å². The van der Waals surface area contributed by atoms with Crippen molar-refractivity contribution in [2.45, 2.75) is 4.90 Å². The van der Waals surface area contributed by atoms with E-state index in [-0.39, 0.29) is 16.1 Å². The number of para-hydroxylation sites is 1. The fourth-order valence-electron chi connectivity index (χ4n) is 3.11. The lowest BCUT2D eigenvalue weighted by Gasteiger charge is -2.21. The first-order valence-corrected chi connectivity index (χ1v) is 12.1. The third kappa shape index (κ3) is 4.71. The van der Waals surface area contributed by atoms with Gasteiger partial charge in [-0.15, -0.1) is 10.2 Å². The zero-order valence-corrected chi connectivity index (χ0v) is 19.4. The summed E-state index contributed by atoms with van der Waals surface area (Å²) in [5.74, 6) is 0.237. The Balaban J connectivity index is 1.57. The zero-order valence-electron chi connectivity index (χ0n) is 17.8. The van der Waals surface area contributed by atoms with Crippen LogP contribution in [0.25, 0.3) is 10.6 Å². The minimum absolute atomic E-state index is 0.135. The lowest BCUT2D eigenvalue weighted by atomic mass is 10.1. The van der Waals surface area contributed by atoms with E-state index in [1.54, 1.807) is 49.6 Å². The molecule has 10 heteroatoms. The van der Waals surface area contributed by atoms with E-state index < -0.39 is 15.9 Å². The van der Waals surface area contributed by atoms with E-state index in [1.807, 2.05) is 24.3 Å². The Hall–Kier alpha value is -3.76. The van der Waals surface area contributed by atoms with Crippen molar-refractivity contribution >= 4 is 38.1 Å². The average Bonchev–Trinajstić information content (AvgIpc) is 3.32. The summed E-state index contributed by atoms with van der Waals surface area (Å²) in [6.45, 7) is 0. The first-order valence-electron chi connectivity index (χ1n) is 9.82. The molecule has 33 heavy (non-hydrogen) atoms. The fraction of sp³-hybridized carbons (Fsp3) is 0.0870. The summed E-state index contributed by atoms with van der Waals surface area (Å²) in [5, 5.41) is 11.8. The average molecular weight is 481 g/mol. The minimum atomic E-state index is -3.84. The van der Waals surface area contributed by atoms with Gasteiger partial charge in [-0.25, -0.2) is 8.42 Å². The van der Waals surface area contributed by atoms with Crippen LogP contribution in [-0.4, -0.2) is 38.7 Å². The number of benzene rings is 3. The van der Waals surface area contributed by atoms with Crippen LogP contribution >= 0.6 is 11.3 Å². The molecule has 8 nitrogen and oxygen atoms in total. The fourth-order valence-corrected chi connectivity index (χ4v) is 5.09. The highest BCUT2D eigenvalue weighted by Crippen LogP contribution is 2.30. The molecule has 0 aliphatic rings. The molecule has 0 fully saturated rings. The molecule has 0 atom stereocenters. The first kappa shape index (κ1) is 22.4. The predicted molar refractivity (Wildman–Crippen MR) is 128 cm³/mol. The molecule has 1 heterocycles. The highest BCUT2D eigenvalue weighted by atomic mass is 32.2. The second kappa shape index (κ2) is 9.39. The SMILES string of the molecule is COc1ccc(-c2nnc(NC(=O)c3ccccc3N(C)S(=O)(=O)c3ccccc3)s2)cc1. The molecule has 1 N–H and O–H groups in total. The standard InChI is InChI=1S/C23H20N4O4S2/c1-27(33(29,30)18-8-4-3-5-9-18)20-11-7-6-10-19(20)21(28)24-23-26-25-22(32-23)16-12-14-17(31-2)15-13-16/h3-15H,1-2H3,(H,24,26,28). The Morgan fingerprint density at radius 2 is 1.61 bits per heavy atom. The molecule has 0 unspecified atom stereocenters. The zero-order chi connectivity index (χ0) is 23.4. The maximum absolute atomic E-state index is 13.0. The van der Waals surface area contributed by atoms with Crippen LogP contribution in [0.1, 0.15) is 10.4 Å². The van der Waals surface area contributed by atoms with Crippen LogP contribution < -0.4 is 14.4 Å². The Kier molecular flexibility index (Phi) is 6.38. The normalized spacial score (nSPS) is 11.1. The van der Waals surface area contributed by atoms with Gasteiger partial charge < -0.3 is 4.74 Å². The predicted octanol–water partition coefficient (Wildman–Crippen LogP) is 4.29. The first-order chi connectivity index (χ1) is 15.9. The van der Waals surface area contributed by atoms with E-state index >= 15 is 0 Å².